The second-order valence-electron chi connectivity index (χ2n) is 11.5. The fourth-order valence-electron chi connectivity index (χ4n) is 6.99. The minimum absolute atomic E-state index is 0.0710. The van der Waals surface area contributed by atoms with Crippen LogP contribution in [0.3, 0.4) is 0 Å². The van der Waals surface area contributed by atoms with Crippen LogP contribution >= 0.6 is 11.8 Å². The van der Waals surface area contributed by atoms with E-state index >= 15 is 0 Å². The van der Waals surface area contributed by atoms with E-state index < -0.39 is 28.7 Å². The van der Waals surface area contributed by atoms with Crippen molar-refractivity contribution in [3.8, 4) is 0 Å². The number of aryl methyl sites for hydroxylation is 2. The van der Waals surface area contributed by atoms with Crippen molar-refractivity contribution in [3.63, 3.8) is 0 Å². The topological polar surface area (TPSA) is 87.2 Å². The Balaban J connectivity index is 1.82. The molecular formula is C31H42N2O5S. The first kappa shape index (κ1) is 29.4. The van der Waals surface area contributed by atoms with Gasteiger partial charge in [0.05, 0.1) is 35.8 Å². The van der Waals surface area contributed by atoms with Crippen LogP contribution < -0.4 is 4.90 Å². The molecule has 2 bridgehead atoms. The first-order chi connectivity index (χ1) is 18.6. The molecule has 3 fully saturated rings. The standard InChI is InChI=1S/C31H42N2O5S/c1-7-9-16-38-30(37)24-23-13-14-31(39-23)25(24)28(35)33(22(18-34)17-19(3)4)27(31)29(36)32(15-8-2)26-20(5)11-10-12-21(26)6/h7-8,10-12,19,22-25,27,34H,1-2,9,13-18H2,3-6H3/t22-,23+,24-,25+,27?,31?/m1/s1. The highest BCUT2D eigenvalue weighted by Crippen LogP contribution is 2.67. The van der Waals surface area contributed by atoms with E-state index in [1.807, 2.05) is 45.9 Å². The zero-order chi connectivity index (χ0) is 28.5. The van der Waals surface area contributed by atoms with Gasteiger partial charge in [-0.2, -0.15) is 0 Å². The molecular weight excluding hydrogens is 512 g/mol. The molecule has 1 aromatic carbocycles. The van der Waals surface area contributed by atoms with Gasteiger partial charge in [-0.3, -0.25) is 14.4 Å². The second-order valence-corrected chi connectivity index (χ2v) is 13.1. The number of rotatable bonds is 12. The first-order valence-electron chi connectivity index (χ1n) is 14.0. The lowest BCUT2D eigenvalue weighted by molar-refractivity contribution is -0.154. The van der Waals surface area contributed by atoms with Gasteiger partial charge in [0.1, 0.15) is 6.04 Å². The Labute approximate surface area is 236 Å². The fraction of sp³-hybridized carbons (Fsp3) is 0.581. The number of thioether (sulfide) groups is 1. The van der Waals surface area contributed by atoms with Gasteiger partial charge in [-0.25, -0.2) is 0 Å². The molecule has 7 nitrogen and oxygen atoms in total. The van der Waals surface area contributed by atoms with E-state index in [0.29, 0.717) is 25.8 Å². The maximum absolute atomic E-state index is 14.8. The van der Waals surface area contributed by atoms with Crippen molar-refractivity contribution in [2.24, 2.45) is 17.8 Å². The average Bonchev–Trinajstić information content (AvgIpc) is 3.53. The third-order valence-electron chi connectivity index (χ3n) is 8.45. The summed E-state index contributed by atoms with van der Waals surface area (Å²) in [4.78, 5) is 45.9. The lowest BCUT2D eigenvalue weighted by Crippen LogP contribution is -2.58. The average molecular weight is 555 g/mol. The SMILES string of the molecule is C=CCCOC(=O)[C@@H]1[C@@H]2CCC3(S2)C(C(=O)N(CC=C)c2c(C)cccc2C)N([C@@H](CO)CC(C)C)C(=O)[C@H]13. The number of carbonyl (C=O) groups excluding carboxylic acids is 3. The quantitative estimate of drug-likeness (QED) is 0.234. The molecule has 3 saturated heterocycles. The predicted octanol–water partition coefficient (Wildman–Crippen LogP) is 4.44. The van der Waals surface area contributed by atoms with Gasteiger partial charge in [-0.05, 0) is 56.6 Å². The molecule has 1 N–H and O–H groups in total. The monoisotopic (exact) mass is 554 g/mol. The summed E-state index contributed by atoms with van der Waals surface area (Å²) in [5.74, 6) is -1.82. The number of likely N-dealkylation sites (tertiary alicyclic amines) is 1. The van der Waals surface area contributed by atoms with Crippen LogP contribution in [0.15, 0.2) is 43.5 Å². The van der Waals surface area contributed by atoms with Gasteiger partial charge in [0.25, 0.3) is 5.91 Å². The number of hydrogen-bond acceptors (Lipinski definition) is 6. The third kappa shape index (κ3) is 5.06. The highest BCUT2D eigenvalue weighted by molar-refractivity contribution is 8.02. The number of carbonyl (C=O) groups is 3. The summed E-state index contributed by atoms with van der Waals surface area (Å²) in [7, 11) is 0. The Bertz CT molecular complexity index is 1120. The number of benzene rings is 1. The maximum Gasteiger partial charge on any atom is 0.310 e. The van der Waals surface area contributed by atoms with Crippen LogP contribution in [0.5, 0.6) is 0 Å². The number of ether oxygens (including phenoxy) is 1. The third-order valence-corrected chi connectivity index (χ3v) is 10.4. The zero-order valence-electron chi connectivity index (χ0n) is 23.6. The van der Waals surface area contributed by atoms with Crippen molar-refractivity contribution < 1.29 is 24.2 Å². The molecule has 39 heavy (non-hydrogen) atoms. The van der Waals surface area contributed by atoms with E-state index in [1.165, 1.54) is 0 Å². The van der Waals surface area contributed by atoms with E-state index in [4.69, 9.17) is 4.74 Å². The number of para-hydroxylation sites is 1. The molecule has 6 atom stereocenters. The molecule has 3 aliphatic heterocycles. The maximum atomic E-state index is 14.8. The molecule has 2 amide bonds. The Morgan fingerprint density at radius 1 is 1.26 bits per heavy atom. The summed E-state index contributed by atoms with van der Waals surface area (Å²) in [6.45, 7) is 15.9. The van der Waals surface area contributed by atoms with Gasteiger partial charge in [0, 0.05) is 17.5 Å². The number of hydrogen-bond donors (Lipinski definition) is 1. The van der Waals surface area contributed by atoms with Crippen LogP contribution in [0.2, 0.25) is 0 Å². The second kappa shape index (κ2) is 11.9. The summed E-state index contributed by atoms with van der Waals surface area (Å²) in [5.41, 5.74) is 2.74. The molecule has 4 rings (SSSR count). The lowest BCUT2D eigenvalue weighted by Gasteiger charge is -2.40. The van der Waals surface area contributed by atoms with E-state index in [0.717, 1.165) is 23.2 Å². The van der Waals surface area contributed by atoms with Crippen LogP contribution in [-0.2, 0) is 19.1 Å². The summed E-state index contributed by atoms with van der Waals surface area (Å²) in [5, 5.41) is 10.4. The zero-order valence-corrected chi connectivity index (χ0v) is 24.4. The number of aliphatic hydroxyl groups is 1. The van der Waals surface area contributed by atoms with Crippen LogP contribution in [-0.4, -0.2) is 69.6 Å². The van der Waals surface area contributed by atoms with Gasteiger partial charge >= 0.3 is 5.97 Å². The van der Waals surface area contributed by atoms with Crippen LogP contribution in [0, 0.1) is 31.6 Å². The Morgan fingerprint density at radius 2 is 1.95 bits per heavy atom. The number of amides is 2. The van der Waals surface area contributed by atoms with Crippen molar-refractivity contribution in [2.45, 2.75) is 75.5 Å². The van der Waals surface area contributed by atoms with E-state index in [1.54, 1.807) is 33.7 Å². The molecule has 0 aromatic heterocycles. The molecule has 3 aliphatic rings. The van der Waals surface area contributed by atoms with E-state index in [2.05, 4.69) is 13.2 Å². The molecule has 2 unspecified atom stereocenters. The molecule has 3 heterocycles. The molecule has 1 aromatic rings. The van der Waals surface area contributed by atoms with Gasteiger partial charge in [-0.1, -0.05) is 44.2 Å². The minimum atomic E-state index is -0.800. The summed E-state index contributed by atoms with van der Waals surface area (Å²) >= 11 is 1.62. The fourth-order valence-corrected chi connectivity index (χ4v) is 9.18. The van der Waals surface area contributed by atoms with E-state index in [-0.39, 0.29) is 42.2 Å². The molecule has 8 heteroatoms. The number of nitrogens with zero attached hydrogens (tertiary/aromatic N) is 2. The Hall–Kier alpha value is -2.58. The largest absolute Gasteiger partial charge is 0.465 e. The number of fused-ring (bicyclic) bond motifs is 1. The van der Waals surface area contributed by atoms with Crippen molar-refractivity contribution in [1.82, 2.24) is 4.90 Å². The summed E-state index contributed by atoms with van der Waals surface area (Å²) in [6.07, 6.45) is 5.91. The molecule has 212 valence electrons. The smallest absolute Gasteiger partial charge is 0.310 e. The predicted molar refractivity (Wildman–Crippen MR) is 156 cm³/mol. The van der Waals surface area contributed by atoms with Gasteiger partial charge in [-0.15, -0.1) is 24.9 Å². The summed E-state index contributed by atoms with van der Waals surface area (Å²) < 4.78 is 4.84. The summed E-state index contributed by atoms with van der Waals surface area (Å²) in [6, 6.07) is 4.60. The van der Waals surface area contributed by atoms with E-state index in [9.17, 15) is 19.5 Å². The van der Waals surface area contributed by atoms with Gasteiger partial charge in [0.2, 0.25) is 5.91 Å². The minimum Gasteiger partial charge on any atom is -0.465 e. The van der Waals surface area contributed by atoms with Crippen LogP contribution in [0.25, 0.3) is 0 Å². The van der Waals surface area contributed by atoms with Crippen LogP contribution in [0.4, 0.5) is 5.69 Å². The lowest BCUT2D eigenvalue weighted by atomic mass is 9.71. The first-order valence-corrected chi connectivity index (χ1v) is 14.9. The Kier molecular flexibility index (Phi) is 8.96. The van der Waals surface area contributed by atoms with Crippen molar-refractivity contribution in [2.75, 3.05) is 24.7 Å². The highest BCUT2D eigenvalue weighted by atomic mass is 32.2. The Morgan fingerprint density at radius 3 is 2.54 bits per heavy atom. The van der Waals surface area contributed by atoms with Crippen molar-refractivity contribution in [3.05, 3.63) is 54.6 Å². The highest BCUT2D eigenvalue weighted by Gasteiger charge is 2.74. The van der Waals surface area contributed by atoms with Crippen molar-refractivity contribution in [1.29, 1.82) is 0 Å². The van der Waals surface area contributed by atoms with Gasteiger partial charge in [0.15, 0.2) is 0 Å². The van der Waals surface area contributed by atoms with Gasteiger partial charge < -0.3 is 19.6 Å². The number of aliphatic hydroxyl groups excluding tert-OH is 1. The number of esters is 1. The molecule has 1 spiro atoms. The normalized spacial score (nSPS) is 27.9. The van der Waals surface area contributed by atoms with Crippen LogP contribution in [0.1, 0.15) is 50.7 Å². The molecule has 0 saturated carbocycles. The molecule has 0 radical (unpaired) electrons. The number of anilines is 1. The van der Waals surface area contributed by atoms with Crippen molar-refractivity contribution >= 4 is 35.2 Å². The molecule has 0 aliphatic carbocycles.